The molecule has 0 radical (unpaired) electrons. The molecule has 0 bridgehead atoms. The zero-order chi connectivity index (χ0) is 22.1. The second-order valence-electron chi connectivity index (χ2n) is 10.3. The number of rotatable bonds is 7. The first-order valence-corrected chi connectivity index (χ1v) is 12.6. The lowest BCUT2D eigenvalue weighted by molar-refractivity contribution is -0.121. The molecule has 2 saturated carbocycles. The zero-order valence-corrected chi connectivity index (χ0v) is 19.3. The second kappa shape index (κ2) is 9.42. The number of hydrogen-bond acceptors (Lipinski definition) is 4. The van der Waals surface area contributed by atoms with E-state index >= 15 is 0 Å². The summed E-state index contributed by atoms with van der Waals surface area (Å²) < 4.78 is 5.59. The van der Waals surface area contributed by atoms with Gasteiger partial charge in [0.2, 0.25) is 5.91 Å². The Hall–Kier alpha value is -2.08. The van der Waals surface area contributed by atoms with Crippen molar-refractivity contribution in [2.24, 2.45) is 11.8 Å². The minimum Gasteiger partial charge on any atom is -0.381 e. The fourth-order valence-electron chi connectivity index (χ4n) is 6.17. The Balaban J connectivity index is 1.19. The molecule has 3 fully saturated rings. The fraction of sp³-hybridized carbons (Fsp3) is 0.692. The SMILES string of the molecule is CN1c2ccc(C(=O)NCCCC(=O)NC3CC3)cc2C2CC(C3CCOCC3)CCC21. The molecule has 2 amide bonds. The summed E-state index contributed by atoms with van der Waals surface area (Å²) in [7, 11) is 2.21. The van der Waals surface area contributed by atoms with Crippen molar-refractivity contribution in [2.45, 2.75) is 75.8 Å². The summed E-state index contributed by atoms with van der Waals surface area (Å²) in [6.07, 6.45) is 9.54. The standard InChI is InChI=1S/C26H37N3O3/c1-29-23-8-4-18(17-10-13-32-14-11-17)15-21(23)22-16-19(5-9-24(22)29)26(31)27-12-2-3-25(30)28-20-6-7-20/h5,9,16-18,20-21,23H,2-4,6-8,10-15H2,1H3,(H,27,31)(H,28,30). The van der Waals surface area contributed by atoms with Crippen LogP contribution in [0.2, 0.25) is 0 Å². The van der Waals surface area contributed by atoms with E-state index < -0.39 is 0 Å². The van der Waals surface area contributed by atoms with Crippen LogP contribution >= 0.6 is 0 Å². The van der Waals surface area contributed by atoms with E-state index in [-0.39, 0.29) is 11.8 Å². The summed E-state index contributed by atoms with van der Waals surface area (Å²) in [5.74, 6) is 2.17. The Morgan fingerprint density at radius 3 is 2.66 bits per heavy atom. The molecule has 6 nitrogen and oxygen atoms in total. The Morgan fingerprint density at radius 2 is 1.88 bits per heavy atom. The number of benzene rings is 1. The lowest BCUT2D eigenvalue weighted by Crippen LogP contribution is -2.37. The highest BCUT2D eigenvalue weighted by Crippen LogP contribution is 2.51. The Labute approximate surface area is 191 Å². The van der Waals surface area contributed by atoms with Gasteiger partial charge in [-0.2, -0.15) is 0 Å². The molecule has 0 aromatic heterocycles. The molecule has 0 spiro atoms. The zero-order valence-electron chi connectivity index (χ0n) is 19.3. The summed E-state index contributed by atoms with van der Waals surface area (Å²) in [4.78, 5) is 27.0. The lowest BCUT2D eigenvalue weighted by Gasteiger charge is -2.40. The third-order valence-electron chi connectivity index (χ3n) is 8.16. The van der Waals surface area contributed by atoms with Gasteiger partial charge in [0.1, 0.15) is 0 Å². The van der Waals surface area contributed by atoms with E-state index in [1.54, 1.807) is 0 Å². The Bertz CT molecular complexity index is 847. The average Bonchev–Trinajstić information content (AvgIpc) is 3.60. The van der Waals surface area contributed by atoms with Crippen molar-refractivity contribution < 1.29 is 14.3 Å². The van der Waals surface area contributed by atoms with Crippen LogP contribution in [0.1, 0.15) is 79.6 Å². The number of anilines is 1. The van der Waals surface area contributed by atoms with Crippen LogP contribution < -0.4 is 15.5 Å². The van der Waals surface area contributed by atoms with Gasteiger partial charge >= 0.3 is 0 Å². The van der Waals surface area contributed by atoms with Crippen molar-refractivity contribution >= 4 is 17.5 Å². The van der Waals surface area contributed by atoms with E-state index in [4.69, 9.17) is 4.74 Å². The van der Waals surface area contributed by atoms with Crippen molar-refractivity contribution in [2.75, 3.05) is 31.7 Å². The maximum absolute atomic E-state index is 12.8. The number of hydrogen-bond donors (Lipinski definition) is 2. The van der Waals surface area contributed by atoms with Gasteiger partial charge in [-0.05, 0) is 87.0 Å². The number of fused-ring (bicyclic) bond motifs is 3. The first-order valence-electron chi connectivity index (χ1n) is 12.6. The monoisotopic (exact) mass is 439 g/mol. The van der Waals surface area contributed by atoms with E-state index in [0.717, 1.165) is 43.5 Å². The molecule has 3 atom stereocenters. The highest BCUT2D eigenvalue weighted by molar-refractivity contribution is 5.95. The van der Waals surface area contributed by atoms with E-state index in [2.05, 4.69) is 34.7 Å². The Kier molecular flexibility index (Phi) is 6.40. The van der Waals surface area contributed by atoms with Crippen LogP contribution in [0.15, 0.2) is 18.2 Å². The average molecular weight is 440 g/mol. The molecule has 32 heavy (non-hydrogen) atoms. The number of carbonyl (C=O) groups is 2. The van der Waals surface area contributed by atoms with E-state index in [0.29, 0.717) is 37.4 Å². The lowest BCUT2D eigenvalue weighted by atomic mass is 9.70. The van der Waals surface area contributed by atoms with Gasteiger partial charge in [-0.3, -0.25) is 9.59 Å². The van der Waals surface area contributed by atoms with Gasteiger partial charge in [0, 0.05) is 62.5 Å². The molecule has 2 aliphatic carbocycles. The molecular formula is C26H37N3O3. The first kappa shape index (κ1) is 21.7. The largest absolute Gasteiger partial charge is 0.381 e. The third-order valence-corrected chi connectivity index (χ3v) is 8.16. The molecule has 1 saturated heterocycles. The van der Waals surface area contributed by atoms with Crippen LogP contribution in [-0.4, -0.2) is 50.7 Å². The smallest absolute Gasteiger partial charge is 0.251 e. The second-order valence-corrected chi connectivity index (χ2v) is 10.3. The first-order chi connectivity index (χ1) is 15.6. The maximum Gasteiger partial charge on any atom is 0.251 e. The molecule has 4 aliphatic rings. The number of nitrogens with zero attached hydrogens (tertiary/aromatic N) is 1. The molecule has 1 aromatic carbocycles. The summed E-state index contributed by atoms with van der Waals surface area (Å²) in [6, 6.07) is 7.19. The van der Waals surface area contributed by atoms with Crippen molar-refractivity contribution in [1.82, 2.24) is 10.6 Å². The molecule has 2 N–H and O–H groups in total. The number of carbonyl (C=O) groups excluding carboxylic acids is 2. The molecule has 2 heterocycles. The van der Waals surface area contributed by atoms with Crippen molar-refractivity contribution in [3.05, 3.63) is 29.3 Å². The molecule has 5 rings (SSSR count). The van der Waals surface area contributed by atoms with Crippen LogP contribution in [0.3, 0.4) is 0 Å². The van der Waals surface area contributed by atoms with E-state index in [1.807, 2.05) is 6.07 Å². The van der Waals surface area contributed by atoms with Gasteiger partial charge in [0.15, 0.2) is 0 Å². The normalized spacial score (nSPS) is 27.5. The van der Waals surface area contributed by atoms with Crippen molar-refractivity contribution in [3.63, 3.8) is 0 Å². The van der Waals surface area contributed by atoms with Gasteiger partial charge in [-0.1, -0.05) is 0 Å². The number of nitrogens with one attached hydrogen (secondary N) is 2. The van der Waals surface area contributed by atoms with Gasteiger partial charge < -0.3 is 20.3 Å². The Morgan fingerprint density at radius 1 is 1.06 bits per heavy atom. The minimum atomic E-state index is -0.0294. The number of amides is 2. The van der Waals surface area contributed by atoms with Crippen molar-refractivity contribution in [3.8, 4) is 0 Å². The third kappa shape index (κ3) is 4.66. The van der Waals surface area contributed by atoms with Gasteiger partial charge in [-0.25, -0.2) is 0 Å². The predicted molar refractivity (Wildman–Crippen MR) is 125 cm³/mol. The molecule has 3 unspecified atom stereocenters. The fourth-order valence-corrected chi connectivity index (χ4v) is 6.17. The molecule has 1 aromatic rings. The highest BCUT2D eigenvalue weighted by atomic mass is 16.5. The van der Waals surface area contributed by atoms with Crippen LogP contribution in [0, 0.1) is 11.8 Å². The molecule has 174 valence electrons. The van der Waals surface area contributed by atoms with Crippen molar-refractivity contribution in [1.29, 1.82) is 0 Å². The van der Waals surface area contributed by atoms with E-state index in [9.17, 15) is 9.59 Å². The minimum absolute atomic E-state index is 0.0294. The van der Waals surface area contributed by atoms with Crippen LogP contribution in [0.4, 0.5) is 5.69 Å². The van der Waals surface area contributed by atoms with E-state index in [1.165, 1.54) is 43.4 Å². The molecule has 2 aliphatic heterocycles. The van der Waals surface area contributed by atoms with Gasteiger partial charge in [0.05, 0.1) is 0 Å². The summed E-state index contributed by atoms with van der Waals surface area (Å²) >= 11 is 0. The number of likely N-dealkylation sites (N-methyl/N-ethyl adjacent to an activating group) is 1. The topological polar surface area (TPSA) is 70.7 Å². The summed E-state index contributed by atoms with van der Waals surface area (Å²) in [5, 5.41) is 6.01. The molecular weight excluding hydrogens is 402 g/mol. The van der Waals surface area contributed by atoms with Gasteiger partial charge in [-0.15, -0.1) is 0 Å². The predicted octanol–water partition coefficient (Wildman–Crippen LogP) is 3.60. The molecule has 6 heteroatoms. The quantitative estimate of drug-likeness (QED) is 0.637. The maximum atomic E-state index is 12.8. The highest BCUT2D eigenvalue weighted by Gasteiger charge is 2.42. The van der Waals surface area contributed by atoms with Crippen LogP contribution in [-0.2, 0) is 9.53 Å². The summed E-state index contributed by atoms with van der Waals surface area (Å²) in [6.45, 7) is 2.36. The summed E-state index contributed by atoms with van der Waals surface area (Å²) in [5.41, 5.74) is 3.39. The number of ether oxygens (including phenoxy) is 1. The van der Waals surface area contributed by atoms with Crippen LogP contribution in [0.25, 0.3) is 0 Å². The van der Waals surface area contributed by atoms with Gasteiger partial charge in [0.25, 0.3) is 5.91 Å². The van der Waals surface area contributed by atoms with Crippen LogP contribution in [0.5, 0.6) is 0 Å².